The number of nitro benzene ring substituents is 1. The first-order valence-electron chi connectivity index (χ1n) is 7.05. The molecule has 21 heavy (non-hydrogen) atoms. The summed E-state index contributed by atoms with van der Waals surface area (Å²) in [7, 11) is 1.33. The molecule has 7 heteroatoms. The highest BCUT2D eigenvalue weighted by Crippen LogP contribution is 2.35. The van der Waals surface area contributed by atoms with Crippen LogP contribution in [0.15, 0.2) is 12.1 Å². The lowest BCUT2D eigenvalue weighted by Gasteiger charge is -2.32. The van der Waals surface area contributed by atoms with Gasteiger partial charge >= 0.3 is 0 Å². The summed E-state index contributed by atoms with van der Waals surface area (Å²) >= 11 is 0. The maximum absolute atomic E-state index is 13.6. The van der Waals surface area contributed by atoms with E-state index < -0.39 is 10.7 Å². The quantitative estimate of drug-likeness (QED) is 0.644. The van der Waals surface area contributed by atoms with Gasteiger partial charge in [-0.3, -0.25) is 10.1 Å². The van der Waals surface area contributed by atoms with Crippen molar-refractivity contribution in [1.29, 1.82) is 0 Å². The lowest BCUT2D eigenvalue weighted by Crippen LogP contribution is -2.36. The van der Waals surface area contributed by atoms with E-state index in [9.17, 15) is 14.5 Å². The van der Waals surface area contributed by atoms with Gasteiger partial charge in [-0.1, -0.05) is 12.8 Å². The Kier molecular flexibility index (Phi) is 4.95. The summed E-state index contributed by atoms with van der Waals surface area (Å²) in [6.07, 6.45) is 4.08. The fourth-order valence-corrected chi connectivity index (χ4v) is 2.85. The first-order chi connectivity index (χ1) is 10.1. The van der Waals surface area contributed by atoms with E-state index in [-0.39, 0.29) is 29.1 Å². The molecule has 0 amide bonds. The topological polar surface area (TPSA) is 90.4 Å². The van der Waals surface area contributed by atoms with E-state index in [1.807, 2.05) is 0 Å². The fourth-order valence-electron chi connectivity index (χ4n) is 2.85. The second-order valence-electron chi connectivity index (χ2n) is 5.29. The Morgan fingerprint density at radius 1 is 1.48 bits per heavy atom. The van der Waals surface area contributed by atoms with Crippen LogP contribution in [0.25, 0.3) is 0 Å². The highest BCUT2D eigenvalue weighted by molar-refractivity contribution is 5.65. The van der Waals surface area contributed by atoms with Gasteiger partial charge in [0.1, 0.15) is 5.69 Å². The molecule has 0 spiro atoms. The Labute approximate surface area is 122 Å². The molecule has 2 rings (SSSR count). The molecule has 116 valence electrons. The van der Waals surface area contributed by atoms with Crippen LogP contribution in [0.4, 0.5) is 15.8 Å². The molecule has 0 heterocycles. The zero-order valence-electron chi connectivity index (χ0n) is 12.0. The number of hydrogen-bond donors (Lipinski definition) is 2. The van der Waals surface area contributed by atoms with E-state index in [2.05, 4.69) is 5.32 Å². The minimum absolute atomic E-state index is 0.0109. The minimum Gasteiger partial charge on any atom is -0.494 e. The number of halogens is 1. The molecule has 6 nitrogen and oxygen atoms in total. The van der Waals surface area contributed by atoms with Crippen LogP contribution in [0, 0.1) is 21.8 Å². The van der Waals surface area contributed by atoms with Crippen molar-refractivity contribution in [2.75, 3.05) is 19.0 Å². The smallest absolute Gasteiger partial charge is 0.295 e. The van der Waals surface area contributed by atoms with Crippen LogP contribution in [0.3, 0.4) is 0 Å². The maximum atomic E-state index is 13.6. The molecule has 0 radical (unpaired) electrons. The van der Waals surface area contributed by atoms with Crippen LogP contribution >= 0.6 is 0 Å². The van der Waals surface area contributed by atoms with Crippen LogP contribution in [-0.4, -0.2) is 24.6 Å². The molecule has 1 saturated carbocycles. The van der Waals surface area contributed by atoms with Gasteiger partial charge in [0, 0.05) is 12.1 Å². The number of benzene rings is 1. The lowest BCUT2D eigenvalue weighted by molar-refractivity contribution is -0.384. The standard InChI is InChI=1S/C14H20FN3O3/c1-21-14-7-12(13(18(19)20)6-10(14)15)17-11-5-3-2-4-9(11)8-16/h6-7,9,11,17H,2-5,8,16H2,1H3. The number of nitro groups is 1. The van der Waals surface area contributed by atoms with Gasteiger partial charge in [0.25, 0.3) is 5.69 Å². The molecule has 1 fully saturated rings. The molecular weight excluding hydrogens is 277 g/mol. The fraction of sp³-hybridized carbons (Fsp3) is 0.571. The summed E-state index contributed by atoms with van der Waals surface area (Å²) in [5.41, 5.74) is 5.77. The molecule has 2 atom stereocenters. The molecule has 0 aliphatic heterocycles. The van der Waals surface area contributed by atoms with E-state index in [1.165, 1.54) is 13.2 Å². The van der Waals surface area contributed by atoms with Gasteiger partial charge in [0.2, 0.25) is 0 Å². The first kappa shape index (κ1) is 15.5. The number of nitrogens with one attached hydrogen (secondary N) is 1. The first-order valence-corrected chi connectivity index (χ1v) is 7.05. The zero-order chi connectivity index (χ0) is 15.4. The number of ether oxygens (including phenoxy) is 1. The average molecular weight is 297 g/mol. The minimum atomic E-state index is -0.742. The van der Waals surface area contributed by atoms with E-state index in [0.717, 1.165) is 31.7 Å². The number of nitrogens with zero attached hydrogens (tertiary/aromatic N) is 1. The molecule has 0 aromatic heterocycles. The SMILES string of the molecule is COc1cc(NC2CCCCC2CN)c([N+](=O)[O-])cc1F. The van der Waals surface area contributed by atoms with Crippen LogP contribution in [0.2, 0.25) is 0 Å². The third-order valence-electron chi connectivity index (χ3n) is 4.02. The molecule has 1 aromatic rings. The predicted molar refractivity (Wildman–Crippen MR) is 78.0 cm³/mol. The van der Waals surface area contributed by atoms with Crippen molar-refractivity contribution in [2.45, 2.75) is 31.7 Å². The number of hydrogen-bond acceptors (Lipinski definition) is 5. The van der Waals surface area contributed by atoms with Gasteiger partial charge < -0.3 is 15.8 Å². The molecule has 2 unspecified atom stereocenters. The summed E-state index contributed by atoms with van der Waals surface area (Å²) in [5, 5.41) is 14.3. The van der Waals surface area contributed by atoms with Crippen LogP contribution < -0.4 is 15.8 Å². The molecule has 1 aliphatic rings. The second-order valence-corrected chi connectivity index (χ2v) is 5.29. The third-order valence-corrected chi connectivity index (χ3v) is 4.02. The van der Waals surface area contributed by atoms with Crippen molar-refractivity contribution >= 4 is 11.4 Å². The summed E-state index contributed by atoms with van der Waals surface area (Å²) in [4.78, 5) is 10.5. The van der Waals surface area contributed by atoms with Gasteiger partial charge in [-0.25, -0.2) is 4.39 Å². The van der Waals surface area contributed by atoms with Gasteiger partial charge in [-0.2, -0.15) is 0 Å². The Balaban J connectivity index is 2.30. The van der Waals surface area contributed by atoms with Crippen LogP contribution in [0.5, 0.6) is 5.75 Å². The van der Waals surface area contributed by atoms with Gasteiger partial charge in [-0.15, -0.1) is 0 Å². The van der Waals surface area contributed by atoms with Crippen LogP contribution in [-0.2, 0) is 0 Å². The number of rotatable bonds is 5. The van der Waals surface area contributed by atoms with Crippen molar-refractivity contribution in [3.05, 3.63) is 28.1 Å². The van der Waals surface area contributed by atoms with Crippen molar-refractivity contribution in [3.63, 3.8) is 0 Å². The molecule has 0 saturated heterocycles. The number of anilines is 1. The van der Waals surface area contributed by atoms with Gasteiger partial charge in [-0.05, 0) is 25.3 Å². The Morgan fingerprint density at radius 3 is 2.81 bits per heavy atom. The number of methoxy groups -OCH3 is 1. The largest absolute Gasteiger partial charge is 0.494 e. The lowest BCUT2D eigenvalue weighted by atomic mass is 9.84. The number of nitrogens with two attached hydrogens (primary N) is 1. The summed E-state index contributed by atoms with van der Waals surface area (Å²) in [6.45, 7) is 0.532. The maximum Gasteiger partial charge on any atom is 0.295 e. The Hall–Kier alpha value is -1.89. The van der Waals surface area contributed by atoms with Gasteiger partial charge in [0.15, 0.2) is 11.6 Å². The predicted octanol–water partition coefficient (Wildman–Crippen LogP) is 2.67. The summed E-state index contributed by atoms with van der Waals surface area (Å²) in [6, 6.07) is 2.30. The Morgan fingerprint density at radius 2 is 2.19 bits per heavy atom. The van der Waals surface area contributed by atoms with Crippen molar-refractivity contribution < 1.29 is 14.1 Å². The third kappa shape index (κ3) is 3.41. The van der Waals surface area contributed by atoms with Crippen molar-refractivity contribution in [2.24, 2.45) is 11.7 Å². The second kappa shape index (κ2) is 6.71. The van der Waals surface area contributed by atoms with Crippen LogP contribution in [0.1, 0.15) is 25.7 Å². The monoisotopic (exact) mass is 297 g/mol. The van der Waals surface area contributed by atoms with E-state index in [0.29, 0.717) is 6.54 Å². The molecule has 1 aromatic carbocycles. The highest BCUT2D eigenvalue weighted by Gasteiger charge is 2.27. The molecular formula is C14H20FN3O3. The van der Waals surface area contributed by atoms with E-state index in [1.54, 1.807) is 0 Å². The van der Waals surface area contributed by atoms with E-state index in [4.69, 9.17) is 10.5 Å². The molecule has 1 aliphatic carbocycles. The summed E-state index contributed by atoms with van der Waals surface area (Å²) in [5.74, 6) is -0.480. The van der Waals surface area contributed by atoms with Crippen molar-refractivity contribution in [1.82, 2.24) is 0 Å². The van der Waals surface area contributed by atoms with E-state index >= 15 is 0 Å². The summed E-state index contributed by atoms with van der Waals surface area (Å²) < 4.78 is 18.5. The zero-order valence-corrected chi connectivity index (χ0v) is 12.0. The Bertz CT molecular complexity index is 524. The van der Waals surface area contributed by atoms with Gasteiger partial charge in [0.05, 0.1) is 18.1 Å². The normalized spacial score (nSPS) is 21.9. The average Bonchev–Trinajstić information content (AvgIpc) is 2.48. The van der Waals surface area contributed by atoms with Crippen molar-refractivity contribution in [3.8, 4) is 5.75 Å². The molecule has 3 N–H and O–H groups in total. The molecule has 0 bridgehead atoms. The highest BCUT2D eigenvalue weighted by atomic mass is 19.1.